The number of amides is 2. The van der Waals surface area contributed by atoms with Crippen molar-refractivity contribution in [1.82, 2.24) is 14.9 Å². The first-order valence-corrected chi connectivity index (χ1v) is 13.7. The molecule has 41 heavy (non-hydrogen) atoms. The second-order valence-electron chi connectivity index (χ2n) is 9.38. The minimum absolute atomic E-state index is 0.0386. The Morgan fingerprint density at radius 2 is 1.66 bits per heavy atom. The number of benzene rings is 3. The lowest BCUT2D eigenvalue weighted by atomic mass is 10.0. The third kappa shape index (κ3) is 6.98. The maximum atomic E-state index is 14.4. The first kappa shape index (κ1) is 28.0. The molecule has 2 amide bonds. The van der Waals surface area contributed by atoms with Crippen molar-refractivity contribution in [2.75, 3.05) is 17.9 Å². The number of anilines is 1. The number of aromatic nitrogens is 2. The molecule has 11 heteroatoms. The van der Waals surface area contributed by atoms with Crippen LogP contribution in [0.25, 0.3) is 0 Å². The van der Waals surface area contributed by atoms with Gasteiger partial charge in [0.15, 0.2) is 16.7 Å². The van der Waals surface area contributed by atoms with Gasteiger partial charge in [-0.25, -0.2) is 18.7 Å². The molecule has 8 nitrogen and oxygen atoms in total. The Labute approximate surface area is 239 Å². The number of ether oxygens (including phenoxy) is 2. The molecule has 1 unspecified atom stereocenters. The number of aryl methyl sites for hydroxylation is 2. The zero-order valence-electron chi connectivity index (χ0n) is 22.3. The maximum absolute atomic E-state index is 14.4. The fraction of sp³-hybridized carbons (Fsp3) is 0.200. The van der Waals surface area contributed by atoms with E-state index in [0.717, 1.165) is 23.1 Å². The molecule has 1 atom stereocenters. The van der Waals surface area contributed by atoms with E-state index in [-0.39, 0.29) is 24.7 Å². The first-order chi connectivity index (χ1) is 19.7. The Balaban J connectivity index is 1.49. The molecule has 0 bridgehead atoms. The number of thioether (sulfide) groups is 1. The van der Waals surface area contributed by atoms with E-state index in [4.69, 9.17) is 9.47 Å². The Bertz CT molecular complexity index is 1570. The van der Waals surface area contributed by atoms with Gasteiger partial charge in [-0.3, -0.25) is 9.59 Å². The lowest BCUT2D eigenvalue weighted by molar-refractivity contribution is -0.137. The van der Waals surface area contributed by atoms with Crippen molar-refractivity contribution < 1.29 is 27.8 Å². The van der Waals surface area contributed by atoms with Crippen molar-refractivity contribution in [3.8, 4) is 11.5 Å². The van der Waals surface area contributed by atoms with Crippen molar-refractivity contribution >= 4 is 29.3 Å². The number of fused-ring (bicyclic) bond motifs is 1. The summed E-state index contributed by atoms with van der Waals surface area (Å²) in [5.74, 6) is -1.06. The predicted molar refractivity (Wildman–Crippen MR) is 150 cm³/mol. The van der Waals surface area contributed by atoms with E-state index in [1.54, 1.807) is 24.3 Å². The van der Waals surface area contributed by atoms with E-state index in [0.29, 0.717) is 27.9 Å². The molecule has 4 aromatic rings. The average molecular weight is 577 g/mol. The van der Waals surface area contributed by atoms with E-state index in [2.05, 4.69) is 15.3 Å². The monoisotopic (exact) mass is 576 g/mol. The lowest BCUT2D eigenvalue weighted by Gasteiger charge is -2.31. The zero-order valence-corrected chi connectivity index (χ0v) is 23.1. The normalized spacial score (nSPS) is 12.6. The molecule has 1 N–H and O–H groups in total. The Morgan fingerprint density at radius 1 is 0.927 bits per heavy atom. The summed E-state index contributed by atoms with van der Waals surface area (Å²) < 4.78 is 38.8. The van der Waals surface area contributed by atoms with Crippen LogP contribution in [0.15, 0.2) is 78.0 Å². The van der Waals surface area contributed by atoms with Gasteiger partial charge in [-0.2, -0.15) is 0 Å². The van der Waals surface area contributed by atoms with Crippen LogP contribution in [0, 0.1) is 25.5 Å². The van der Waals surface area contributed by atoms with Crippen molar-refractivity contribution in [2.24, 2.45) is 0 Å². The third-order valence-corrected chi connectivity index (χ3v) is 7.07. The molecule has 0 radical (unpaired) electrons. The fourth-order valence-corrected chi connectivity index (χ4v) is 5.25. The molecule has 0 saturated heterocycles. The molecule has 1 aromatic heterocycles. The fourth-order valence-electron chi connectivity index (χ4n) is 4.41. The van der Waals surface area contributed by atoms with Crippen molar-refractivity contribution in [1.29, 1.82) is 0 Å². The van der Waals surface area contributed by atoms with Crippen molar-refractivity contribution in [3.05, 3.63) is 107 Å². The first-order valence-electron chi connectivity index (χ1n) is 12.7. The van der Waals surface area contributed by atoms with Crippen molar-refractivity contribution in [3.63, 3.8) is 0 Å². The summed E-state index contributed by atoms with van der Waals surface area (Å²) in [6.45, 7) is 3.70. The smallest absolute Gasteiger partial charge is 0.251 e. The number of nitrogens with one attached hydrogen (secondary N) is 1. The minimum atomic E-state index is -1.23. The van der Waals surface area contributed by atoms with Gasteiger partial charge in [-0.05, 0) is 67.4 Å². The van der Waals surface area contributed by atoms with Crippen molar-refractivity contribution in [2.45, 2.75) is 31.6 Å². The summed E-state index contributed by atoms with van der Waals surface area (Å²) >= 11 is 1.13. The Morgan fingerprint density at radius 3 is 2.39 bits per heavy atom. The van der Waals surface area contributed by atoms with E-state index in [1.165, 1.54) is 47.4 Å². The van der Waals surface area contributed by atoms with Crippen LogP contribution in [0.2, 0.25) is 0 Å². The number of carbonyl (C=O) groups excluding carboxylic acids is 2. The van der Waals surface area contributed by atoms with Crippen LogP contribution in [0.4, 0.5) is 14.5 Å². The standard InChI is InChI=1S/C30H26F2N4O4S/c1-18-12-19(2)34-30(33-18)41-16-27(37)36(15-20-6-8-22(31)9-7-20)28(21-4-3-5-23(32)13-21)29(38)35-24-10-11-25-26(14-24)40-17-39-25/h3-14,28H,15-17H2,1-2H3,(H,35,38). The van der Waals surface area contributed by atoms with Gasteiger partial charge in [0.2, 0.25) is 12.7 Å². The summed E-state index contributed by atoms with van der Waals surface area (Å²) in [6, 6.07) is 16.7. The van der Waals surface area contributed by atoms with Crippen LogP contribution in [-0.2, 0) is 16.1 Å². The SMILES string of the molecule is Cc1cc(C)nc(SCC(=O)N(Cc2ccc(F)cc2)C(C(=O)Nc2ccc3c(c2)OCO3)c2cccc(F)c2)n1. The Hall–Kier alpha value is -4.51. The number of hydrogen-bond acceptors (Lipinski definition) is 7. The highest BCUT2D eigenvalue weighted by molar-refractivity contribution is 7.99. The zero-order chi connectivity index (χ0) is 28.9. The van der Waals surface area contributed by atoms with Gasteiger partial charge in [0.1, 0.15) is 17.7 Å². The van der Waals surface area contributed by atoms with Gasteiger partial charge in [0, 0.05) is 29.7 Å². The molecule has 0 fully saturated rings. The van der Waals surface area contributed by atoms with Gasteiger partial charge in [-0.15, -0.1) is 0 Å². The molecule has 1 aliphatic rings. The third-order valence-electron chi connectivity index (χ3n) is 6.24. The molecular formula is C30H26F2N4O4S. The van der Waals surface area contributed by atoms with E-state index >= 15 is 0 Å². The van der Waals surface area contributed by atoms with Crippen LogP contribution in [0.1, 0.15) is 28.6 Å². The second-order valence-corrected chi connectivity index (χ2v) is 10.3. The molecule has 0 aliphatic carbocycles. The predicted octanol–water partition coefficient (Wildman–Crippen LogP) is 5.60. The molecule has 1 aliphatic heterocycles. The summed E-state index contributed by atoms with van der Waals surface area (Å²) in [5, 5.41) is 3.25. The summed E-state index contributed by atoms with van der Waals surface area (Å²) in [7, 11) is 0. The molecule has 5 rings (SSSR count). The molecule has 0 spiro atoms. The molecule has 210 valence electrons. The highest BCUT2D eigenvalue weighted by Gasteiger charge is 2.32. The number of carbonyl (C=O) groups is 2. The van der Waals surface area contributed by atoms with Gasteiger partial charge < -0.3 is 19.7 Å². The van der Waals surface area contributed by atoms with Crippen LogP contribution >= 0.6 is 11.8 Å². The van der Waals surface area contributed by atoms with Gasteiger partial charge >= 0.3 is 0 Å². The highest BCUT2D eigenvalue weighted by atomic mass is 32.2. The number of nitrogens with zero attached hydrogens (tertiary/aromatic N) is 3. The quantitative estimate of drug-likeness (QED) is 0.205. The van der Waals surface area contributed by atoms with E-state index < -0.39 is 29.5 Å². The second kappa shape index (κ2) is 12.3. The van der Waals surface area contributed by atoms with Crippen LogP contribution in [0.5, 0.6) is 11.5 Å². The Kier molecular flexibility index (Phi) is 8.44. The molecule has 2 heterocycles. The largest absolute Gasteiger partial charge is 0.454 e. The van der Waals surface area contributed by atoms with Crippen LogP contribution < -0.4 is 14.8 Å². The summed E-state index contributed by atoms with van der Waals surface area (Å²) in [4.78, 5) is 37.8. The summed E-state index contributed by atoms with van der Waals surface area (Å²) in [5.41, 5.74) is 2.79. The number of hydrogen-bond donors (Lipinski definition) is 1. The minimum Gasteiger partial charge on any atom is -0.454 e. The van der Waals surface area contributed by atoms with Crippen LogP contribution in [-0.4, -0.2) is 39.2 Å². The topological polar surface area (TPSA) is 93.7 Å². The molecular weight excluding hydrogens is 550 g/mol. The van der Waals surface area contributed by atoms with E-state index in [9.17, 15) is 18.4 Å². The van der Waals surface area contributed by atoms with E-state index in [1.807, 2.05) is 19.9 Å². The number of rotatable bonds is 9. The average Bonchev–Trinajstić information content (AvgIpc) is 3.40. The highest BCUT2D eigenvalue weighted by Crippen LogP contribution is 2.35. The van der Waals surface area contributed by atoms with Crippen LogP contribution in [0.3, 0.4) is 0 Å². The van der Waals surface area contributed by atoms with Gasteiger partial charge in [0.25, 0.3) is 5.91 Å². The summed E-state index contributed by atoms with van der Waals surface area (Å²) in [6.07, 6.45) is 0. The molecule has 3 aromatic carbocycles. The van der Waals surface area contributed by atoms with Gasteiger partial charge in [0.05, 0.1) is 5.75 Å². The lowest BCUT2D eigenvalue weighted by Crippen LogP contribution is -2.42. The molecule has 0 saturated carbocycles. The maximum Gasteiger partial charge on any atom is 0.251 e. The van der Waals surface area contributed by atoms with Gasteiger partial charge in [-0.1, -0.05) is 36.0 Å². The number of halogens is 2.